The van der Waals surface area contributed by atoms with Gasteiger partial charge in [-0.05, 0) is 43.3 Å². The lowest BCUT2D eigenvalue weighted by Crippen LogP contribution is -2.12. The average molecular weight is 295 g/mol. The molecule has 0 aliphatic rings. The summed E-state index contributed by atoms with van der Waals surface area (Å²) in [5.41, 5.74) is 11.3. The van der Waals surface area contributed by atoms with E-state index in [1.807, 2.05) is 36.4 Å². The lowest BCUT2D eigenvalue weighted by molar-refractivity contribution is 0.415. The number of nitrogens with zero attached hydrogens (tertiary/aromatic N) is 2. The number of hydrogen-bond acceptors (Lipinski definition) is 3. The fourth-order valence-corrected chi connectivity index (χ4v) is 2.81. The molecule has 3 rings (SSSR count). The van der Waals surface area contributed by atoms with Gasteiger partial charge in [0.05, 0.1) is 18.5 Å². The second-order valence-electron chi connectivity index (χ2n) is 5.57. The fraction of sp³-hybridized carbons (Fsp3) is 0.278. The number of aryl methyl sites for hydroxylation is 1. The topological polar surface area (TPSA) is 52.5 Å². The first-order valence-corrected chi connectivity index (χ1v) is 7.48. The maximum Gasteiger partial charge on any atom is 0.137 e. The van der Waals surface area contributed by atoms with E-state index in [9.17, 15) is 0 Å². The van der Waals surface area contributed by atoms with Crippen LogP contribution in [0.25, 0.3) is 16.9 Å². The van der Waals surface area contributed by atoms with E-state index >= 15 is 0 Å². The number of pyridine rings is 1. The number of nitrogens with two attached hydrogens (primary N) is 1. The lowest BCUT2D eigenvalue weighted by Gasteiger charge is -2.13. The second-order valence-corrected chi connectivity index (χ2v) is 5.57. The van der Waals surface area contributed by atoms with Gasteiger partial charge in [0.1, 0.15) is 11.4 Å². The molecule has 3 aromatic rings. The average Bonchev–Trinajstić information content (AvgIpc) is 2.95. The summed E-state index contributed by atoms with van der Waals surface area (Å²) in [6, 6.07) is 14.2. The number of benzene rings is 1. The van der Waals surface area contributed by atoms with Crippen LogP contribution in [0.2, 0.25) is 0 Å². The minimum Gasteiger partial charge on any atom is -0.497 e. The SMILES string of the molecule is COc1ccc(-c2nc3cccc(C)n3c2C(C)CN)cc1. The predicted molar refractivity (Wildman–Crippen MR) is 89.4 cm³/mol. The highest BCUT2D eigenvalue weighted by Crippen LogP contribution is 2.31. The van der Waals surface area contributed by atoms with E-state index < -0.39 is 0 Å². The van der Waals surface area contributed by atoms with Crippen LogP contribution in [-0.2, 0) is 0 Å². The van der Waals surface area contributed by atoms with E-state index in [0.29, 0.717) is 6.54 Å². The lowest BCUT2D eigenvalue weighted by atomic mass is 10.0. The quantitative estimate of drug-likeness (QED) is 0.802. The Hall–Kier alpha value is -2.33. The van der Waals surface area contributed by atoms with Crippen LogP contribution in [0.1, 0.15) is 24.2 Å². The van der Waals surface area contributed by atoms with E-state index in [1.165, 1.54) is 11.4 Å². The first-order valence-electron chi connectivity index (χ1n) is 7.48. The van der Waals surface area contributed by atoms with Crippen molar-refractivity contribution < 1.29 is 4.74 Å². The van der Waals surface area contributed by atoms with Crippen LogP contribution in [0.15, 0.2) is 42.5 Å². The van der Waals surface area contributed by atoms with E-state index in [1.54, 1.807) is 7.11 Å². The molecule has 0 spiro atoms. The Morgan fingerprint density at radius 1 is 1.18 bits per heavy atom. The van der Waals surface area contributed by atoms with E-state index in [0.717, 1.165) is 22.7 Å². The molecule has 0 fully saturated rings. The second kappa shape index (κ2) is 5.81. The van der Waals surface area contributed by atoms with Crippen molar-refractivity contribution in [2.75, 3.05) is 13.7 Å². The van der Waals surface area contributed by atoms with Gasteiger partial charge >= 0.3 is 0 Å². The van der Waals surface area contributed by atoms with Crippen LogP contribution in [0.4, 0.5) is 0 Å². The Bertz CT molecular complexity index is 790. The van der Waals surface area contributed by atoms with Crippen LogP contribution in [-0.4, -0.2) is 23.0 Å². The summed E-state index contributed by atoms with van der Waals surface area (Å²) in [6.07, 6.45) is 0. The van der Waals surface area contributed by atoms with Crippen molar-refractivity contribution in [1.82, 2.24) is 9.38 Å². The minimum absolute atomic E-state index is 0.230. The van der Waals surface area contributed by atoms with Gasteiger partial charge in [-0.2, -0.15) is 0 Å². The molecular formula is C18H21N3O. The standard InChI is InChI=1S/C18H21N3O/c1-12(11-19)18-17(14-7-9-15(22-3)10-8-14)20-16-6-4-5-13(2)21(16)18/h4-10,12H,11,19H2,1-3H3. The third-order valence-corrected chi connectivity index (χ3v) is 4.06. The highest BCUT2D eigenvalue weighted by atomic mass is 16.5. The van der Waals surface area contributed by atoms with Crippen molar-refractivity contribution in [3.05, 3.63) is 53.9 Å². The molecule has 0 aliphatic heterocycles. The normalized spacial score (nSPS) is 12.5. The monoisotopic (exact) mass is 295 g/mol. The zero-order valence-electron chi connectivity index (χ0n) is 13.2. The summed E-state index contributed by atoms with van der Waals surface area (Å²) in [4.78, 5) is 4.83. The Morgan fingerprint density at radius 3 is 2.55 bits per heavy atom. The molecule has 1 unspecified atom stereocenters. The van der Waals surface area contributed by atoms with Crippen molar-refractivity contribution in [1.29, 1.82) is 0 Å². The van der Waals surface area contributed by atoms with Crippen molar-refractivity contribution in [3.63, 3.8) is 0 Å². The van der Waals surface area contributed by atoms with Crippen molar-refractivity contribution in [3.8, 4) is 17.0 Å². The van der Waals surface area contributed by atoms with Gasteiger partial charge < -0.3 is 14.9 Å². The highest BCUT2D eigenvalue weighted by molar-refractivity contribution is 5.68. The predicted octanol–water partition coefficient (Wildman–Crippen LogP) is 3.38. The van der Waals surface area contributed by atoms with Crippen LogP contribution in [0, 0.1) is 6.92 Å². The first-order chi connectivity index (χ1) is 10.7. The molecule has 0 bridgehead atoms. The maximum atomic E-state index is 5.94. The number of fused-ring (bicyclic) bond motifs is 1. The molecule has 2 N–H and O–H groups in total. The van der Waals surface area contributed by atoms with Crippen molar-refractivity contribution in [2.45, 2.75) is 19.8 Å². The molecule has 114 valence electrons. The van der Waals surface area contributed by atoms with Crippen LogP contribution >= 0.6 is 0 Å². The van der Waals surface area contributed by atoms with Gasteiger partial charge in [0.2, 0.25) is 0 Å². The van der Waals surface area contributed by atoms with Gasteiger partial charge in [0.15, 0.2) is 0 Å². The largest absolute Gasteiger partial charge is 0.497 e. The minimum atomic E-state index is 0.230. The summed E-state index contributed by atoms with van der Waals surface area (Å²) in [6.45, 7) is 4.83. The number of hydrogen-bond donors (Lipinski definition) is 1. The summed E-state index contributed by atoms with van der Waals surface area (Å²) in [5, 5.41) is 0. The number of rotatable bonds is 4. The molecular weight excluding hydrogens is 274 g/mol. The number of ether oxygens (including phenoxy) is 1. The van der Waals surface area contributed by atoms with Gasteiger partial charge in [-0.1, -0.05) is 13.0 Å². The molecule has 2 aromatic heterocycles. The third kappa shape index (κ3) is 2.35. The molecule has 0 amide bonds. The summed E-state index contributed by atoms with van der Waals surface area (Å²) in [7, 11) is 1.67. The molecule has 4 nitrogen and oxygen atoms in total. The van der Waals surface area contributed by atoms with Crippen molar-refractivity contribution >= 4 is 5.65 Å². The summed E-state index contributed by atoms with van der Waals surface area (Å²) >= 11 is 0. The van der Waals surface area contributed by atoms with Gasteiger partial charge in [0, 0.05) is 23.7 Å². The van der Waals surface area contributed by atoms with Crippen LogP contribution in [0.3, 0.4) is 0 Å². The number of imidazole rings is 1. The van der Waals surface area contributed by atoms with Gasteiger partial charge in [0.25, 0.3) is 0 Å². The van der Waals surface area contributed by atoms with Gasteiger partial charge in [-0.3, -0.25) is 0 Å². The number of aromatic nitrogens is 2. The molecule has 1 aromatic carbocycles. The first kappa shape index (κ1) is 14.6. The Balaban J connectivity index is 2.25. The zero-order chi connectivity index (χ0) is 15.7. The molecule has 4 heteroatoms. The highest BCUT2D eigenvalue weighted by Gasteiger charge is 2.19. The third-order valence-electron chi connectivity index (χ3n) is 4.06. The zero-order valence-corrected chi connectivity index (χ0v) is 13.2. The molecule has 2 heterocycles. The van der Waals surface area contributed by atoms with Crippen molar-refractivity contribution in [2.24, 2.45) is 5.73 Å². The van der Waals surface area contributed by atoms with Gasteiger partial charge in [-0.25, -0.2) is 4.98 Å². The molecule has 0 radical (unpaired) electrons. The molecule has 0 aliphatic carbocycles. The molecule has 22 heavy (non-hydrogen) atoms. The Kier molecular flexibility index (Phi) is 3.86. The molecule has 0 saturated carbocycles. The molecule has 0 saturated heterocycles. The van der Waals surface area contributed by atoms with Crippen LogP contribution < -0.4 is 10.5 Å². The summed E-state index contributed by atoms with van der Waals surface area (Å²) in [5.74, 6) is 1.07. The summed E-state index contributed by atoms with van der Waals surface area (Å²) < 4.78 is 7.44. The maximum absolute atomic E-state index is 5.94. The van der Waals surface area contributed by atoms with E-state index in [2.05, 4.69) is 24.3 Å². The fourth-order valence-electron chi connectivity index (χ4n) is 2.81. The molecule has 1 atom stereocenters. The Morgan fingerprint density at radius 2 is 1.91 bits per heavy atom. The number of methoxy groups -OCH3 is 1. The van der Waals surface area contributed by atoms with E-state index in [4.69, 9.17) is 15.5 Å². The van der Waals surface area contributed by atoms with Crippen LogP contribution in [0.5, 0.6) is 5.75 Å². The van der Waals surface area contributed by atoms with Gasteiger partial charge in [-0.15, -0.1) is 0 Å². The Labute approximate surface area is 130 Å². The van der Waals surface area contributed by atoms with E-state index in [-0.39, 0.29) is 5.92 Å². The smallest absolute Gasteiger partial charge is 0.137 e.